The zero-order chi connectivity index (χ0) is 12.9. The number of nitrogens with zero attached hydrogens (tertiary/aromatic N) is 1. The van der Waals surface area contributed by atoms with Crippen LogP contribution in [0.5, 0.6) is 0 Å². The van der Waals surface area contributed by atoms with Gasteiger partial charge in [-0.2, -0.15) is 0 Å². The summed E-state index contributed by atoms with van der Waals surface area (Å²) >= 11 is 5.27. The smallest absolute Gasteiger partial charge is 0.105 e. The molecule has 2 N–H and O–H groups in total. The molecule has 0 spiro atoms. The number of nitrogens with two attached hydrogens (primary N) is 1. The van der Waals surface area contributed by atoms with Gasteiger partial charge < -0.3 is 5.73 Å². The van der Waals surface area contributed by atoms with Gasteiger partial charge in [-0.15, -0.1) is 0 Å². The zero-order valence-corrected chi connectivity index (χ0v) is 11.5. The van der Waals surface area contributed by atoms with Crippen LogP contribution in [0.2, 0.25) is 0 Å². The SMILES string of the molecule is Cc1cc(C)c2nc3c(c(C(N)=S)c2c1)CCC3. The van der Waals surface area contributed by atoms with E-state index in [4.69, 9.17) is 22.9 Å². The minimum Gasteiger partial charge on any atom is -0.389 e. The van der Waals surface area contributed by atoms with Crippen molar-refractivity contribution in [3.63, 3.8) is 0 Å². The van der Waals surface area contributed by atoms with Crippen molar-refractivity contribution in [1.29, 1.82) is 0 Å². The average Bonchev–Trinajstić information content (AvgIpc) is 2.73. The highest BCUT2D eigenvalue weighted by Gasteiger charge is 2.21. The van der Waals surface area contributed by atoms with Crippen LogP contribution in [-0.4, -0.2) is 9.97 Å². The molecule has 0 saturated heterocycles. The molecule has 0 saturated carbocycles. The second-order valence-corrected chi connectivity index (χ2v) is 5.55. The first-order valence-corrected chi connectivity index (χ1v) is 6.71. The van der Waals surface area contributed by atoms with E-state index >= 15 is 0 Å². The number of fused-ring (bicyclic) bond motifs is 2. The second kappa shape index (κ2) is 4.02. The van der Waals surface area contributed by atoms with Gasteiger partial charge in [-0.3, -0.25) is 4.98 Å². The van der Waals surface area contributed by atoms with Crippen LogP contribution in [0.25, 0.3) is 10.9 Å². The van der Waals surface area contributed by atoms with E-state index in [2.05, 4.69) is 26.0 Å². The van der Waals surface area contributed by atoms with Gasteiger partial charge in [-0.05, 0) is 50.3 Å². The van der Waals surface area contributed by atoms with Gasteiger partial charge in [0, 0.05) is 16.6 Å². The third kappa shape index (κ3) is 1.62. The largest absolute Gasteiger partial charge is 0.389 e. The molecule has 0 fully saturated rings. The maximum Gasteiger partial charge on any atom is 0.105 e. The average molecular weight is 256 g/mol. The molecule has 0 amide bonds. The molecule has 0 atom stereocenters. The normalized spacial score (nSPS) is 13.9. The highest BCUT2D eigenvalue weighted by molar-refractivity contribution is 7.80. The van der Waals surface area contributed by atoms with Crippen molar-refractivity contribution >= 4 is 28.1 Å². The molecule has 0 unspecified atom stereocenters. The van der Waals surface area contributed by atoms with Crippen molar-refractivity contribution in [2.45, 2.75) is 33.1 Å². The lowest BCUT2D eigenvalue weighted by molar-refractivity contribution is 0.901. The van der Waals surface area contributed by atoms with Crippen molar-refractivity contribution in [3.8, 4) is 0 Å². The van der Waals surface area contributed by atoms with Crippen LogP contribution in [0.4, 0.5) is 0 Å². The van der Waals surface area contributed by atoms with Crippen molar-refractivity contribution in [2.24, 2.45) is 5.73 Å². The van der Waals surface area contributed by atoms with Crippen molar-refractivity contribution in [3.05, 3.63) is 40.1 Å². The summed E-state index contributed by atoms with van der Waals surface area (Å²) in [6, 6.07) is 4.32. The van der Waals surface area contributed by atoms with Crippen molar-refractivity contribution < 1.29 is 0 Å². The van der Waals surface area contributed by atoms with Gasteiger partial charge in [0.15, 0.2) is 0 Å². The fraction of sp³-hybridized carbons (Fsp3) is 0.333. The second-order valence-electron chi connectivity index (χ2n) is 5.11. The van der Waals surface area contributed by atoms with Gasteiger partial charge in [-0.1, -0.05) is 23.8 Å². The predicted molar refractivity (Wildman–Crippen MR) is 79.1 cm³/mol. The van der Waals surface area contributed by atoms with Crippen LogP contribution >= 0.6 is 12.2 Å². The molecule has 1 aliphatic rings. The highest BCUT2D eigenvalue weighted by Crippen LogP contribution is 2.31. The van der Waals surface area contributed by atoms with Gasteiger partial charge in [0.2, 0.25) is 0 Å². The standard InChI is InChI=1S/C15H16N2S/c1-8-6-9(2)14-11(7-8)13(15(16)18)10-4-3-5-12(10)17-14/h6-7H,3-5H2,1-2H3,(H2,16,18). The molecule has 1 aliphatic carbocycles. The van der Waals surface area contributed by atoms with E-state index in [1.165, 1.54) is 22.4 Å². The number of benzene rings is 1. The molecule has 3 heteroatoms. The third-order valence-corrected chi connectivity index (χ3v) is 3.90. The molecule has 0 bridgehead atoms. The summed E-state index contributed by atoms with van der Waals surface area (Å²) in [4.78, 5) is 5.33. The van der Waals surface area contributed by atoms with Gasteiger partial charge in [0.1, 0.15) is 4.99 Å². The summed E-state index contributed by atoms with van der Waals surface area (Å²) in [6.45, 7) is 4.20. The summed E-state index contributed by atoms with van der Waals surface area (Å²) in [5, 5.41) is 1.13. The van der Waals surface area contributed by atoms with Crippen LogP contribution in [0.1, 0.15) is 34.4 Å². The lowest BCUT2D eigenvalue weighted by Gasteiger charge is -2.13. The molecule has 1 heterocycles. The van der Waals surface area contributed by atoms with Crippen molar-refractivity contribution in [1.82, 2.24) is 4.98 Å². The number of rotatable bonds is 1. The molecular weight excluding hydrogens is 240 g/mol. The Bertz CT molecular complexity index is 674. The van der Waals surface area contributed by atoms with Crippen LogP contribution in [0.15, 0.2) is 12.1 Å². The molecule has 92 valence electrons. The minimum atomic E-state index is 0.505. The first-order chi connectivity index (χ1) is 8.58. The quantitative estimate of drug-likeness (QED) is 0.797. The van der Waals surface area contributed by atoms with E-state index in [1.54, 1.807) is 0 Å². The maximum atomic E-state index is 5.96. The number of aryl methyl sites for hydroxylation is 3. The van der Waals surface area contributed by atoms with Crippen LogP contribution < -0.4 is 5.73 Å². The van der Waals surface area contributed by atoms with Gasteiger partial charge >= 0.3 is 0 Å². The lowest BCUT2D eigenvalue weighted by Crippen LogP contribution is -2.14. The van der Waals surface area contributed by atoms with E-state index < -0.39 is 0 Å². The van der Waals surface area contributed by atoms with Crippen LogP contribution in [0, 0.1) is 13.8 Å². The number of aromatic nitrogens is 1. The van der Waals surface area contributed by atoms with E-state index in [1.807, 2.05) is 0 Å². The molecule has 3 rings (SSSR count). The Morgan fingerprint density at radius 3 is 2.78 bits per heavy atom. The first kappa shape index (κ1) is 11.6. The molecular formula is C15H16N2S. The van der Waals surface area contributed by atoms with Crippen LogP contribution in [-0.2, 0) is 12.8 Å². The summed E-state index contributed by atoms with van der Waals surface area (Å²) in [5.41, 5.74) is 13.0. The number of pyridine rings is 1. The molecule has 1 aromatic carbocycles. The van der Waals surface area contributed by atoms with Crippen molar-refractivity contribution in [2.75, 3.05) is 0 Å². The fourth-order valence-corrected chi connectivity index (χ4v) is 3.23. The maximum absolute atomic E-state index is 5.96. The summed E-state index contributed by atoms with van der Waals surface area (Å²) in [5.74, 6) is 0. The Morgan fingerprint density at radius 1 is 1.28 bits per heavy atom. The van der Waals surface area contributed by atoms with Gasteiger partial charge in [0.05, 0.1) is 5.52 Å². The molecule has 1 aromatic heterocycles. The van der Waals surface area contributed by atoms with E-state index in [-0.39, 0.29) is 0 Å². The predicted octanol–water partition coefficient (Wildman–Crippen LogP) is 2.97. The highest BCUT2D eigenvalue weighted by atomic mass is 32.1. The first-order valence-electron chi connectivity index (χ1n) is 6.30. The molecule has 2 nitrogen and oxygen atoms in total. The Labute approximate surface area is 112 Å². The van der Waals surface area contributed by atoms with E-state index in [0.29, 0.717) is 4.99 Å². The monoisotopic (exact) mass is 256 g/mol. The van der Waals surface area contributed by atoms with Gasteiger partial charge in [-0.25, -0.2) is 0 Å². The molecule has 0 aliphatic heterocycles. The number of hydrogen-bond donors (Lipinski definition) is 1. The topological polar surface area (TPSA) is 38.9 Å². The number of thiocarbonyl (C=S) groups is 1. The summed E-state index contributed by atoms with van der Waals surface area (Å²) < 4.78 is 0. The zero-order valence-electron chi connectivity index (χ0n) is 10.7. The molecule has 2 aromatic rings. The van der Waals surface area contributed by atoms with Crippen LogP contribution in [0.3, 0.4) is 0 Å². The minimum absolute atomic E-state index is 0.505. The molecule has 0 radical (unpaired) electrons. The number of hydrogen-bond acceptors (Lipinski definition) is 2. The Morgan fingerprint density at radius 2 is 2.06 bits per heavy atom. The molecule has 18 heavy (non-hydrogen) atoms. The summed E-state index contributed by atoms with van der Waals surface area (Å²) in [7, 11) is 0. The van der Waals surface area contributed by atoms with Gasteiger partial charge in [0.25, 0.3) is 0 Å². The fourth-order valence-electron chi connectivity index (χ4n) is 3.00. The summed E-state index contributed by atoms with van der Waals surface area (Å²) in [6.07, 6.45) is 3.26. The van der Waals surface area contributed by atoms with E-state index in [9.17, 15) is 0 Å². The third-order valence-electron chi connectivity index (χ3n) is 3.70. The lowest BCUT2D eigenvalue weighted by atomic mass is 9.97. The Balaban J connectivity index is 2.50. The Hall–Kier alpha value is -1.48. The Kier molecular flexibility index (Phi) is 2.59. The van der Waals surface area contributed by atoms with E-state index in [0.717, 1.165) is 35.7 Å².